The zero-order chi connectivity index (χ0) is 15.9. The number of ether oxygens (including phenoxy) is 1. The van der Waals surface area contributed by atoms with Crippen LogP contribution in [0.1, 0.15) is 18.4 Å². The van der Waals surface area contributed by atoms with Gasteiger partial charge >= 0.3 is 12.1 Å². The standard InChI is InChI=1S/C14H15BrN2O5/c15-12-7-10(22-17-12)6-11(13(18)19)16-14(20)21-8-9-4-2-1-3-5-9/h1-5,10-11H,6-8H2,(H,16,20)(H,18,19)/t10?,11-/m1/s1. The largest absolute Gasteiger partial charge is 0.480 e. The summed E-state index contributed by atoms with van der Waals surface area (Å²) in [6.45, 7) is 0.0770. The van der Waals surface area contributed by atoms with Gasteiger partial charge in [0, 0.05) is 12.8 Å². The van der Waals surface area contributed by atoms with Gasteiger partial charge in [-0.2, -0.15) is 0 Å². The molecule has 1 heterocycles. The number of rotatable bonds is 6. The second-order valence-corrected chi connectivity index (χ2v) is 5.65. The van der Waals surface area contributed by atoms with Gasteiger partial charge in [-0.1, -0.05) is 35.5 Å². The summed E-state index contributed by atoms with van der Waals surface area (Å²) < 4.78 is 5.62. The third-order valence-electron chi connectivity index (χ3n) is 3.00. The summed E-state index contributed by atoms with van der Waals surface area (Å²) in [5.41, 5.74) is 0.820. The number of alkyl carbamates (subject to hydrolysis) is 1. The van der Waals surface area contributed by atoms with E-state index >= 15 is 0 Å². The quantitative estimate of drug-likeness (QED) is 0.800. The summed E-state index contributed by atoms with van der Waals surface area (Å²) in [6, 6.07) is 8.03. The Kier molecular flexibility index (Phi) is 5.76. The molecule has 22 heavy (non-hydrogen) atoms. The Bertz CT molecular complexity index is 564. The minimum absolute atomic E-state index is 0.0770. The van der Waals surface area contributed by atoms with E-state index in [9.17, 15) is 9.59 Å². The number of carboxylic acid groups (broad SMARTS) is 1. The lowest BCUT2D eigenvalue weighted by molar-refractivity contribution is -0.140. The lowest BCUT2D eigenvalue weighted by atomic mass is 10.1. The zero-order valence-corrected chi connectivity index (χ0v) is 13.2. The highest BCUT2D eigenvalue weighted by atomic mass is 79.9. The fourth-order valence-corrected chi connectivity index (χ4v) is 2.36. The van der Waals surface area contributed by atoms with Crippen LogP contribution in [0, 0.1) is 0 Å². The van der Waals surface area contributed by atoms with Crippen LogP contribution in [0.15, 0.2) is 35.5 Å². The van der Waals surface area contributed by atoms with Gasteiger partial charge in [-0.25, -0.2) is 9.59 Å². The van der Waals surface area contributed by atoms with E-state index in [-0.39, 0.29) is 19.1 Å². The molecule has 2 rings (SSSR count). The molecule has 0 radical (unpaired) electrons. The number of halogens is 1. The molecule has 2 N–H and O–H groups in total. The van der Waals surface area contributed by atoms with Crippen molar-refractivity contribution < 1.29 is 24.3 Å². The molecule has 0 aromatic heterocycles. The van der Waals surface area contributed by atoms with Crippen molar-refractivity contribution in [1.29, 1.82) is 0 Å². The fraction of sp³-hybridized carbons (Fsp3) is 0.357. The molecule has 0 fully saturated rings. The molecule has 1 amide bonds. The molecular formula is C14H15BrN2O5. The number of carbonyl (C=O) groups is 2. The van der Waals surface area contributed by atoms with Crippen molar-refractivity contribution in [3.63, 3.8) is 0 Å². The predicted octanol–water partition coefficient (Wildman–Crippen LogP) is 2.25. The van der Waals surface area contributed by atoms with Crippen molar-refractivity contribution in [1.82, 2.24) is 5.32 Å². The van der Waals surface area contributed by atoms with Crippen molar-refractivity contribution >= 4 is 32.6 Å². The van der Waals surface area contributed by atoms with Crippen molar-refractivity contribution in [2.24, 2.45) is 5.16 Å². The van der Waals surface area contributed by atoms with Crippen LogP contribution in [0.2, 0.25) is 0 Å². The van der Waals surface area contributed by atoms with Crippen molar-refractivity contribution in [2.75, 3.05) is 0 Å². The molecule has 1 aromatic carbocycles. The van der Waals surface area contributed by atoms with Crippen LogP contribution in [0.25, 0.3) is 0 Å². The predicted molar refractivity (Wildman–Crippen MR) is 81.7 cm³/mol. The lowest BCUT2D eigenvalue weighted by Gasteiger charge is -2.17. The number of benzene rings is 1. The van der Waals surface area contributed by atoms with E-state index in [0.29, 0.717) is 11.0 Å². The normalized spacial score (nSPS) is 18.0. The van der Waals surface area contributed by atoms with Gasteiger partial charge in [0.2, 0.25) is 0 Å². The summed E-state index contributed by atoms with van der Waals surface area (Å²) in [6.07, 6.45) is -0.585. The van der Waals surface area contributed by atoms with Crippen LogP contribution >= 0.6 is 15.9 Å². The van der Waals surface area contributed by atoms with Crippen LogP contribution in [-0.4, -0.2) is 33.9 Å². The first-order valence-corrected chi connectivity index (χ1v) is 7.42. The molecule has 1 aliphatic rings. The molecule has 0 aliphatic carbocycles. The van der Waals surface area contributed by atoms with E-state index < -0.39 is 18.1 Å². The Morgan fingerprint density at radius 1 is 1.45 bits per heavy atom. The topological polar surface area (TPSA) is 97.2 Å². The van der Waals surface area contributed by atoms with Gasteiger partial charge in [0.25, 0.3) is 0 Å². The first-order valence-electron chi connectivity index (χ1n) is 6.63. The van der Waals surface area contributed by atoms with E-state index in [1.807, 2.05) is 30.3 Å². The third-order valence-corrected chi connectivity index (χ3v) is 3.47. The number of carboxylic acids is 1. The maximum atomic E-state index is 11.7. The van der Waals surface area contributed by atoms with Gasteiger partial charge in [-0.05, 0) is 21.5 Å². The number of carbonyl (C=O) groups excluding carboxylic acids is 1. The van der Waals surface area contributed by atoms with Crippen LogP contribution in [0.4, 0.5) is 4.79 Å². The van der Waals surface area contributed by atoms with Crippen LogP contribution in [0.5, 0.6) is 0 Å². The smallest absolute Gasteiger partial charge is 0.408 e. The molecule has 8 heteroatoms. The summed E-state index contributed by atoms with van der Waals surface area (Å²) in [7, 11) is 0. The number of aliphatic carboxylic acids is 1. The van der Waals surface area contributed by atoms with Gasteiger partial charge in [0.1, 0.15) is 23.4 Å². The fourth-order valence-electron chi connectivity index (χ4n) is 1.91. The monoisotopic (exact) mass is 370 g/mol. The molecule has 0 saturated heterocycles. The van der Waals surface area contributed by atoms with Crippen LogP contribution in [-0.2, 0) is 21.0 Å². The van der Waals surface area contributed by atoms with E-state index in [4.69, 9.17) is 14.7 Å². The average molecular weight is 371 g/mol. The van der Waals surface area contributed by atoms with E-state index in [2.05, 4.69) is 26.4 Å². The number of nitrogens with zero attached hydrogens (tertiary/aromatic N) is 1. The van der Waals surface area contributed by atoms with Crippen molar-refractivity contribution in [2.45, 2.75) is 31.6 Å². The Hall–Kier alpha value is -2.09. The molecule has 0 spiro atoms. The summed E-state index contributed by atoms with van der Waals surface area (Å²) >= 11 is 3.17. The summed E-state index contributed by atoms with van der Waals surface area (Å²) in [4.78, 5) is 27.9. The number of amides is 1. The van der Waals surface area contributed by atoms with Gasteiger partial charge in [0.05, 0.1) is 0 Å². The molecule has 2 atom stereocenters. The Balaban J connectivity index is 1.80. The highest BCUT2D eigenvalue weighted by Crippen LogP contribution is 2.18. The molecule has 1 aromatic rings. The second-order valence-electron chi connectivity index (χ2n) is 4.73. The van der Waals surface area contributed by atoms with Crippen molar-refractivity contribution in [3.8, 4) is 0 Å². The molecule has 118 valence electrons. The van der Waals surface area contributed by atoms with Crippen LogP contribution in [0.3, 0.4) is 0 Å². The first-order chi connectivity index (χ1) is 10.5. The first kappa shape index (κ1) is 16.3. The molecule has 1 aliphatic heterocycles. The summed E-state index contributed by atoms with van der Waals surface area (Å²) in [5.74, 6) is -1.15. The minimum atomic E-state index is -1.15. The maximum absolute atomic E-state index is 11.7. The number of hydrogen-bond donors (Lipinski definition) is 2. The molecule has 1 unspecified atom stereocenters. The SMILES string of the molecule is O=C(N[C@H](CC1CC(Br)=NO1)C(=O)O)OCc1ccccc1. The average Bonchev–Trinajstić information content (AvgIpc) is 2.91. The van der Waals surface area contributed by atoms with E-state index in [0.717, 1.165) is 5.56 Å². The van der Waals surface area contributed by atoms with E-state index in [1.54, 1.807) is 0 Å². The highest BCUT2D eigenvalue weighted by molar-refractivity contribution is 9.18. The van der Waals surface area contributed by atoms with Gasteiger partial charge < -0.3 is 20.0 Å². The number of hydrogen-bond acceptors (Lipinski definition) is 5. The van der Waals surface area contributed by atoms with Crippen LogP contribution < -0.4 is 5.32 Å². The Labute approximate surface area is 135 Å². The minimum Gasteiger partial charge on any atom is -0.480 e. The maximum Gasteiger partial charge on any atom is 0.408 e. The van der Waals surface area contributed by atoms with Crippen molar-refractivity contribution in [3.05, 3.63) is 35.9 Å². The zero-order valence-electron chi connectivity index (χ0n) is 11.6. The lowest BCUT2D eigenvalue weighted by Crippen LogP contribution is -2.43. The third kappa shape index (κ3) is 5.03. The molecule has 7 nitrogen and oxygen atoms in total. The second kappa shape index (κ2) is 7.79. The summed E-state index contributed by atoms with van der Waals surface area (Å²) in [5, 5.41) is 15.2. The van der Waals surface area contributed by atoms with Gasteiger partial charge in [-0.15, -0.1) is 0 Å². The Morgan fingerprint density at radius 2 is 2.18 bits per heavy atom. The van der Waals surface area contributed by atoms with Gasteiger partial charge in [0.15, 0.2) is 0 Å². The number of oxime groups is 1. The molecule has 0 saturated carbocycles. The molecular weight excluding hydrogens is 356 g/mol. The number of nitrogens with one attached hydrogen (secondary N) is 1. The molecule has 0 bridgehead atoms. The highest BCUT2D eigenvalue weighted by Gasteiger charge is 2.29. The van der Waals surface area contributed by atoms with E-state index in [1.165, 1.54) is 0 Å². The van der Waals surface area contributed by atoms with Gasteiger partial charge in [-0.3, -0.25) is 0 Å². The Morgan fingerprint density at radius 3 is 2.77 bits per heavy atom.